The number of carbonyl (C=O) groups is 1. The molecule has 0 saturated heterocycles. The molecular formula is C12H24O2. The van der Waals surface area contributed by atoms with Gasteiger partial charge in [-0.25, -0.2) is 0 Å². The molecular weight excluding hydrogens is 176 g/mol. The molecule has 0 amide bonds. The van der Waals surface area contributed by atoms with E-state index in [1.807, 2.05) is 20.8 Å². The van der Waals surface area contributed by atoms with Crippen LogP contribution in [-0.4, -0.2) is 12.1 Å². The second kappa shape index (κ2) is 7.84. The molecule has 0 heterocycles. The first-order valence-electron chi connectivity index (χ1n) is 5.80. The quantitative estimate of drug-likeness (QED) is 0.647. The largest absolute Gasteiger partial charge is 0.462 e. The third-order valence-corrected chi connectivity index (χ3v) is 3.08. The Hall–Kier alpha value is -0.530. The summed E-state index contributed by atoms with van der Waals surface area (Å²) in [5.41, 5.74) is -0.234. The molecule has 1 fully saturated rings. The Morgan fingerprint density at radius 3 is 1.57 bits per heavy atom. The molecule has 2 nitrogen and oxygen atoms in total. The topological polar surface area (TPSA) is 26.3 Å². The SMILES string of the molecule is C1CCCC1.CCC(C)(CC)OC=O. The first-order valence-corrected chi connectivity index (χ1v) is 5.80. The standard InChI is InChI=1S/C7H14O2.C5H10/c1-4-7(3,5-2)9-6-8;1-2-4-5-3-1/h6H,4-5H2,1-3H3;1-5H2. The third-order valence-electron chi connectivity index (χ3n) is 3.08. The molecule has 0 aromatic heterocycles. The van der Waals surface area contributed by atoms with Crippen molar-refractivity contribution >= 4 is 6.47 Å². The zero-order valence-electron chi connectivity index (χ0n) is 9.84. The Kier molecular flexibility index (Phi) is 7.54. The lowest BCUT2D eigenvalue weighted by Crippen LogP contribution is -2.25. The molecule has 0 bridgehead atoms. The molecule has 1 aliphatic rings. The van der Waals surface area contributed by atoms with Gasteiger partial charge in [0.25, 0.3) is 6.47 Å². The highest BCUT2D eigenvalue weighted by Crippen LogP contribution is 2.17. The molecule has 0 aromatic rings. The first-order chi connectivity index (χ1) is 6.68. The Morgan fingerprint density at radius 2 is 1.43 bits per heavy atom. The Labute approximate surface area is 88.0 Å². The van der Waals surface area contributed by atoms with E-state index in [1.165, 1.54) is 32.1 Å². The Morgan fingerprint density at radius 1 is 1.07 bits per heavy atom. The van der Waals surface area contributed by atoms with Gasteiger partial charge in [0.05, 0.1) is 0 Å². The predicted octanol–water partition coefficient (Wildman–Crippen LogP) is 3.69. The lowest BCUT2D eigenvalue weighted by Gasteiger charge is -2.23. The van der Waals surface area contributed by atoms with Crippen molar-refractivity contribution < 1.29 is 9.53 Å². The number of hydrogen-bond acceptors (Lipinski definition) is 2. The van der Waals surface area contributed by atoms with Crippen LogP contribution >= 0.6 is 0 Å². The highest BCUT2D eigenvalue weighted by molar-refractivity contribution is 5.38. The maximum Gasteiger partial charge on any atom is 0.293 e. The van der Waals surface area contributed by atoms with Gasteiger partial charge < -0.3 is 4.74 Å². The van der Waals surface area contributed by atoms with Crippen molar-refractivity contribution in [2.45, 2.75) is 71.3 Å². The number of ether oxygens (including phenoxy) is 1. The van der Waals surface area contributed by atoms with Crippen LogP contribution in [0.3, 0.4) is 0 Å². The lowest BCUT2D eigenvalue weighted by atomic mass is 10.0. The fourth-order valence-electron chi connectivity index (χ4n) is 1.42. The fraction of sp³-hybridized carbons (Fsp3) is 0.917. The van der Waals surface area contributed by atoms with Crippen molar-refractivity contribution in [1.82, 2.24) is 0 Å². The molecule has 0 unspecified atom stereocenters. The fourth-order valence-corrected chi connectivity index (χ4v) is 1.42. The summed E-state index contributed by atoms with van der Waals surface area (Å²) in [6.45, 7) is 6.47. The van der Waals surface area contributed by atoms with Gasteiger partial charge in [-0.05, 0) is 19.8 Å². The summed E-state index contributed by atoms with van der Waals surface area (Å²) in [6.07, 6.45) is 9.25. The zero-order chi connectivity index (χ0) is 10.9. The molecule has 14 heavy (non-hydrogen) atoms. The van der Waals surface area contributed by atoms with Crippen molar-refractivity contribution in [1.29, 1.82) is 0 Å². The van der Waals surface area contributed by atoms with Gasteiger partial charge in [-0.2, -0.15) is 0 Å². The van der Waals surface area contributed by atoms with Gasteiger partial charge in [0.2, 0.25) is 0 Å². The van der Waals surface area contributed by atoms with E-state index in [0.717, 1.165) is 12.8 Å². The molecule has 0 spiro atoms. The monoisotopic (exact) mass is 200 g/mol. The van der Waals surface area contributed by atoms with E-state index in [4.69, 9.17) is 4.74 Å². The minimum Gasteiger partial charge on any atom is -0.462 e. The minimum absolute atomic E-state index is 0.234. The van der Waals surface area contributed by atoms with Gasteiger partial charge in [-0.1, -0.05) is 46.0 Å². The van der Waals surface area contributed by atoms with Gasteiger partial charge in [-0.3, -0.25) is 4.79 Å². The summed E-state index contributed by atoms with van der Waals surface area (Å²) >= 11 is 0. The van der Waals surface area contributed by atoms with Gasteiger partial charge in [-0.15, -0.1) is 0 Å². The summed E-state index contributed by atoms with van der Waals surface area (Å²) in [5, 5.41) is 0. The second-order valence-corrected chi connectivity index (χ2v) is 4.14. The molecule has 0 aliphatic heterocycles. The number of carbonyl (C=O) groups excluding carboxylic acids is 1. The van der Waals surface area contributed by atoms with Crippen LogP contribution in [0.4, 0.5) is 0 Å². The van der Waals surface area contributed by atoms with Crippen molar-refractivity contribution in [3.05, 3.63) is 0 Å². The van der Waals surface area contributed by atoms with Gasteiger partial charge >= 0.3 is 0 Å². The zero-order valence-corrected chi connectivity index (χ0v) is 9.84. The summed E-state index contributed by atoms with van der Waals surface area (Å²) in [7, 11) is 0. The summed E-state index contributed by atoms with van der Waals surface area (Å²) < 4.78 is 4.85. The van der Waals surface area contributed by atoms with Gasteiger partial charge in [0.15, 0.2) is 0 Å². The Balaban J connectivity index is 0.000000280. The third kappa shape index (κ3) is 6.01. The van der Waals surface area contributed by atoms with E-state index in [1.54, 1.807) is 0 Å². The minimum atomic E-state index is -0.234. The van der Waals surface area contributed by atoms with Gasteiger partial charge in [0.1, 0.15) is 5.60 Å². The van der Waals surface area contributed by atoms with E-state index in [9.17, 15) is 4.79 Å². The average Bonchev–Trinajstić information content (AvgIpc) is 2.76. The normalized spacial score (nSPS) is 15.6. The highest BCUT2D eigenvalue weighted by atomic mass is 16.5. The molecule has 0 radical (unpaired) electrons. The van der Waals surface area contributed by atoms with Crippen LogP contribution in [0, 0.1) is 0 Å². The van der Waals surface area contributed by atoms with E-state index in [2.05, 4.69) is 0 Å². The van der Waals surface area contributed by atoms with Crippen LogP contribution in [0.5, 0.6) is 0 Å². The molecule has 1 saturated carbocycles. The van der Waals surface area contributed by atoms with Crippen LogP contribution in [0.15, 0.2) is 0 Å². The van der Waals surface area contributed by atoms with Crippen LogP contribution < -0.4 is 0 Å². The van der Waals surface area contributed by atoms with E-state index in [0.29, 0.717) is 6.47 Å². The summed E-state index contributed by atoms with van der Waals surface area (Å²) in [4.78, 5) is 9.92. The maximum absolute atomic E-state index is 9.92. The van der Waals surface area contributed by atoms with Crippen molar-refractivity contribution in [2.24, 2.45) is 0 Å². The lowest BCUT2D eigenvalue weighted by molar-refractivity contribution is -0.142. The van der Waals surface area contributed by atoms with Gasteiger partial charge in [0, 0.05) is 0 Å². The smallest absolute Gasteiger partial charge is 0.293 e. The Bertz CT molecular complexity index is 128. The maximum atomic E-state index is 9.92. The highest BCUT2D eigenvalue weighted by Gasteiger charge is 2.19. The molecule has 0 N–H and O–H groups in total. The molecule has 2 heteroatoms. The van der Waals surface area contributed by atoms with Crippen LogP contribution in [-0.2, 0) is 9.53 Å². The van der Waals surface area contributed by atoms with Crippen molar-refractivity contribution in [3.63, 3.8) is 0 Å². The van der Waals surface area contributed by atoms with Crippen LogP contribution in [0.2, 0.25) is 0 Å². The second-order valence-electron chi connectivity index (χ2n) is 4.14. The van der Waals surface area contributed by atoms with Crippen LogP contribution in [0.25, 0.3) is 0 Å². The van der Waals surface area contributed by atoms with Crippen LogP contribution in [0.1, 0.15) is 65.7 Å². The van der Waals surface area contributed by atoms with Crippen molar-refractivity contribution in [3.8, 4) is 0 Å². The molecule has 0 aromatic carbocycles. The van der Waals surface area contributed by atoms with Crippen molar-refractivity contribution in [2.75, 3.05) is 0 Å². The number of rotatable bonds is 4. The summed E-state index contributed by atoms with van der Waals surface area (Å²) in [5.74, 6) is 0. The molecule has 1 rings (SSSR count). The number of hydrogen-bond donors (Lipinski definition) is 0. The molecule has 84 valence electrons. The average molecular weight is 200 g/mol. The van der Waals surface area contributed by atoms with E-state index >= 15 is 0 Å². The predicted molar refractivity (Wildman–Crippen MR) is 59.2 cm³/mol. The molecule has 1 aliphatic carbocycles. The van der Waals surface area contributed by atoms with E-state index < -0.39 is 0 Å². The first kappa shape index (κ1) is 13.5. The molecule has 0 atom stereocenters. The van der Waals surface area contributed by atoms with E-state index in [-0.39, 0.29) is 5.60 Å². The summed E-state index contributed by atoms with van der Waals surface area (Å²) in [6, 6.07) is 0.